The van der Waals surface area contributed by atoms with E-state index in [1.807, 2.05) is 12.3 Å². The first-order valence-corrected chi connectivity index (χ1v) is 9.74. The van der Waals surface area contributed by atoms with Crippen LogP contribution < -0.4 is 0 Å². The van der Waals surface area contributed by atoms with Crippen molar-refractivity contribution in [1.82, 2.24) is 19.8 Å². The Labute approximate surface area is 155 Å². The summed E-state index contributed by atoms with van der Waals surface area (Å²) in [5, 5.41) is 0. The second-order valence-electron chi connectivity index (χ2n) is 7.94. The highest BCUT2D eigenvalue weighted by atomic mass is 16.2. The molecule has 1 atom stereocenters. The Kier molecular flexibility index (Phi) is 5.07. The van der Waals surface area contributed by atoms with Crippen molar-refractivity contribution in [1.29, 1.82) is 0 Å². The van der Waals surface area contributed by atoms with E-state index in [2.05, 4.69) is 44.0 Å². The van der Waals surface area contributed by atoms with E-state index >= 15 is 0 Å². The van der Waals surface area contributed by atoms with Crippen molar-refractivity contribution in [2.24, 2.45) is 5.41 Å². The van der Waals surface area contributed by atoms with Crippen LogP contribution in [0.1, 0.15) is 36.9 Å². The molecule has 2 fully saturated rings. The van der Waals surface area contributed by atoms with Gasteiger partial charge in [0.15, 0.2) is 0 Å². The number of hydrogen-bond acceptors (Lipinski definition) is 3. The minimum absolute atomic E-state index is 0.267. The van der Waals surface area contributed by atoms with Crippen molar-refractivity contribution >= 4 is 5.91 Å². The summed E-state index contributed by atoms with van der Waals surface area (Å²) in [6.07, 6.45) is 8.80. The summed E-state index contributed by atoms with van der Waals surface area (Å²) < 4.78 is 0. The number of nitrogens with zero attached hydrogens (tertiary/aromatic N) is 3. The van der Waals surface area contributed by atoms with Gasteiger partial charge >= 0.3 is 0 Å². The van der Waals surface area contributed by atoms with Crippen LogP contribution in [0.4, 0.5) is 0 Å². The fourth-order valence-electron chi connectivity index (χ4n) is 4.61. The lowest BCUT2D eigenvalue weighted by Gasteiger charge is -2.48. The number of benzene rings is 1. The Morgan fingerprint density at radius 1 is 1.15 bits per heavy atom. The largest absolute Gasteiger partial charge is 0.347 e. The highest BCUT2D eigenvalue weighted by Gasteiger charge is 2.41. The quantitative estimate of drug-likeness (QED) is 0.900. The van der Waals surface area contributed by atoms with Gasteiger partial charge in [-0.3, -0.25) is 9.69 Å². The van der Waals surface area contributed by atoms with E-state index in [9.17, 15) is 4.79 Å². The first-order valence-electron chi connectivity index (χ1n) is 9.74. The van der Waals surface area contributed by atoms with Gasteiger partial charge in [0.2, 0.25) is 5.91 Å². The number of imidazole rings is 1. The Balaban J connectivity index is 1.38. The second kappa shape index (κ2) is 7.62. The summed E-state index contributed by atoms with van der Waals surface area (Å²) >= 11 is 0. The van der Waals surface area contributed by atoms with Crippen LogP contribution in [-0.2, 0) is 17.8 Å². The van der Waals surface area contributed by atoms with E-state index in [4.69, 9.17) is 0 Å². The zero-order valence-electron chi connectivity index (χ0n) is 15.4. The van der Waals surface area contributed by atoms with Crippen molar-refractivity contribution < 1.29 is 4.79 Å². The fourth-order valence-corrected chi connectivity index (χ4v) is 4.61. The van der Waals surface area contributed by atoms with Crippen LogP contribution >= 0.6 is 0 Å². The molecule has 1 N–H and O–H groups in total. The van der Waals surface area contributed by atoms with E-state index in [-0.39, 0.29) is 5.41 Å². The number of amides is 1. The Hall–Kier alpha value is -2.14. The van der Waals surface area contributed by atoms with Gasteiger partial charge < -0.3 is 9.88 Å². The summed E-state index contributed by atoms with van der Waals surface area (Å²) in [5.41, 5.74) is 2.75. The van der Waals surface area contributed by atoms with Crippen LogP contribution in [0.3, 0.4) is 0 Å². The molecule has 1 aromatic heterocycles. The minimum atomic E-state index is 0.267. The molecule has 3 heterocycles. The van der Waals surface area contributed by atoms with E-state index in [1.165, 1.54) is 24.1 Å². The lowest BCUT2D eigenvalue weighted by molar-refractivity contribution is -0.139. The fraction of sp³-hybridized carbons (Fsp3) is 0.524. The molecule has 1 aromatic carbocycles. The van der Waals surface area contributed by atoms with Crippen LogP contribution in [0.5, 0.6) is 0 Å². The maximum atomic E-state index is 12.5. The number of carbonyl (C=O) groups excluding carboxylic acids is 1. The Morgan fingerprint density at radius 3 is 2.85 bits per heavy atom. The topological polar surface area (TPSA) is 52.2 Å². The van der Waals surface area contributed by atoms with Crippen molar-refractivity contribution in [2.45, 2.75) is 38.6 Å². The number of aromatic nitrogens is 2. The van der Waals surface area contributed by atoms with Crippen LogP contribution in [0.2, 0.25) is 0 Å². The van der Waals surface area contributed by atoms with Crippen LogP contribution in [0.15, 0.2) is 42.9 Å². The van der Waals surface area contributed by atoms with Gasteiger partial charge in [0.1, 0.15) is 0 Å². The van der Waals surface area contributed by atoms with Crippen molar-refractivity contribution in [3.8, 4) is 0 Å². The van der Waals surface area contributed by atoms with Crippen LogP contribution in [0.25, 0.3) is 0 Å². The molecule has 0 bridgehead atoms. The predicted molar refractivity (Wildman–Crippen MR) is 101 cm³/mol. The summed E-state index contributed by atoms with van der Waals surface area (Å²) in [5.74, 6) is 0.331. The third-order valence-corrected chi connectivity index (χ3v) is 5.95. The van der Waals surface area contributed by atoms with Crippen molar-refractivity contribution in [3.63, 3.8) is 0 Å². The predicted octanol–water partition coefficient (Wildman–Crippen LogP) is 2.86. The minimum Gasteiger partial charge on any atom is -0.347 e. The molecule has 2 aliphatic heterocycles. The third-order valence-electron chi connectivity index (χ3n) is 5.95. The maximum Gasteiger partial charge on any atom is 0.222 e. The molecule has 26 heavy (non-hydrogen) atoms. The average Bonchev–Trinajstić information content (AvgIpc) is 3.17. The molecule has 5 nitrogen and oxygen atoms in total. The molecule has 2 aliphatic rings. The number of nitrogens with one attached hydrogen (secondary N) is 1. The number of piperidine rings is 2. The van der Waals surface area contributed by atoms with Gasteiger partial charge in [0.05, 0.1) is 6.33 Å². The molecule has 0 radical (unpaired) electrons. The zero-order valence-corrected chi connectivity index (χ0v) is 15.4. The Morgan fingerprint density at radius 2 is 2.04 bits per heavy atom. The molecule has 1 amide bonds. The summed E-state index contributed by atoms with van der Waals surface area (Å²) in [6.45, 7) is 4.91. The SMILES string of the molecule is O=C1CCC2(CCCN(Cc3cnc[nH]3)C2)CN1CCc1ccccc1. The Bertz CT molecular complexity index is 715. The van der Waals surface area contributed by atoms with Gasteiger partial charge in [-0.2, -0.15) is 0 Å². The van der Waals surface area contributed by atoms with Gasteiger partial charge in [-0.15, -0.1) is 0 Å². The van der Waals surface area contributed by atoms with Crippen LogP contribution in [0, 0.1) is 5.41 Å². The van der Waals surface area contributed by atoms with Gasteiger partial charge in [0.25, 0.3) is 0 Å². The highest BCUT2D eigenvalue weighted by molar-refractivity contribution is 5.77. The maximum absolute atomic E-state index is 12.5. The molecular weight excluding hydrogens is 324 g/mol. The number of carbonyl (C=O) groups is 1. The molecule has 4 rings (SSSR count). The summed E-state index contributed by atoms with van der Waals surface area (Å²) in [7, 11) is 0. The monoisotopic (exact) mass is 352 g/mol. The van der Waals surface area contributed by atoms with Gasteiger partial charge in [-0.25, -0.2) is 4.98 Å². The van der Waals surface area contributed by atoms with E-state index in [0.29, 0.717) is 12.3 Å². The number of aromatic amines is 1. The molecule has 2 saturated heterocycles. The molecular formula is C21H28N4O. The van der Waals surface area contributed by atoms with E-state index in [1.54, 1.807) is 6.33 Å². The highest BCUT2D eigenvalue weighted by Crippen LogP contribution is 2.39. The molecule has 5 heteroatoms. The average molecular weight is 352 g/mol. The third kappa shape index (κ3) is 3.98. The summed E-state index contributed by atoms with van der Waals surface area (Å²) in [4.78, 5) is 24.5. The lowest BCUT2D eigenvalue weighted by atomic mass is 9.73. The second-order valence-corrected chi connectivity index (χ2v) is 7.94. The molecule has 138 valence electrons. The lowest BCUT2D eigenvalue weighted by Crippen LogP contribution is -2.54. The van der Waals surface area contributed by atoms with E-state index < -0.39 is 0 Å². The number of hydrogen-bond donors (Lipinski definition) is 1. The molecule has 1 unspecified atom stereocenters. The van der Waals surface area contributed by atoms with E-state index in [0.717, 1.165) is 45.6 Å². The van der Waals surface area contributed by atoms with Gasteiger partial charge in [0, 0.05) is 49.9 Å². The van der Waals surface area contributed by atoms with Crippen LogP contribution in [-0.4, -0.2) is 51.9 Å². The number of H-pyrrole nitrogens is 1. The number of rotatable bonds is 5. The molecule has 2 aromatic rings. The van der Waals surface area contributed by atoms with Gasteiger partial charge in [-0.1, -0.05) is 30.3 Å². The van der Waals surface area contributed by atoms with Gasteiger partial charge in [-0.05, 0) is 37.8 Å². The zero-order chi connectivity index (χ0) is 17.8. The molecule has 0 saturated carbocycles. The normalized spacial score (nSPS) is 24.3. The van der Waals surface area contributed by atoms with Crippen molar-refractivity contribution in [3.05, 3.63) is 54.1 Å². The molecule has 0 aliphatic carbocycles. The first-order chi connectivity index (χ1) is 12.7. The first kappa shape index (κ1) is 17.3. The smallest absolute Gasteiger partial charge is 0.222 e. The molecule has 1 spiro atoms. The summed E-state index contributed by atoms with van der Waals surface area (Å²) in [6, 6.07) is 10.5. The van der Waals surface area contributed by atoms with Crippen molar-refractivity contribution in [2.75, 3.05) is 26.2 Å². The standard InChI is InChI=1S/C21H28N4O/c26-20-7-10-21(16-25(20)12-8-18-5-2-1-3-6-18)9-4-11-24(15-21)14-19-13-22-17-23-19/h1-3,5-6,13,17H,4,7-12,14-16H2,(H,22,23). The number of likely N-dealkylation sites (tertiary alicyclic amines) is 2.